The van der Waals surface area contributed by atoms with Crippen molar-refractivity contribution >= 4 is 0 Å². The van der Waals surface area contributed by atoms with Gasteiger partial charge in [-0.25, -0.2) is 0 Å². The second-order valence-electron chi connectivity index (χ2n) is 7.70. The summed E-state index contributed by atoms with van der Waals surface area (Å²) in [5.41, 5.74) is -0.184. The molecule has 0 rings (SSSR count). The number of ether oxygens (including phenoxy) is 1. The van der Waals surface area contributed by atoms with Crippen LogP contribution in [0.4, 0.5) is 0 Å². The summed E-state index contributed by atoms with van der Waals surface area (Å²) in [4.78, 5) is 0. The fourth-order valence-corrected chi connectivity index (χ4v) is 2.89. The molecule has 19 heavy (non-hydrogen) atoms. The molecule has 0 spiro atoms. The molecule has 0 aliphatic heterocycles. The van der Waals surface area contributed by atoms with E-state index in [2.05, 4.69) is 62.3 Å². The first-order valence-electron chi connectivity index (χ1n) is 7.85. The molecule has 1 N–H and O–H groups in total. The highest BCUT2D eigenvalue weighted by atomic mass is 16.6. The van der Waals surface area contributed by atoms with Crippen LogP contribution >= 0.6 is 0 Å². The minimum atomic E-state index is -0.690. The van der Waals surface area contributed by atoms with Crippen LogP contribution in [-0.4, -0.2) is 17.5 Å². The summed E-state index contributed by atoms with van der Waals surface area (Å²) in [6.07, 6.45) is 0.402. The maximum absolute atomic E-state index is 10.6. The lowest BCUT2D eigenvalue weighted by molar-refractivity contribution is -0.228. The minimum absolute atomic E-state index is 0.111. The third-order valence-corrected chi connectivity index (χ3v) is 4.33. The fourth-order valence-electron chi connectivity index (χ4n) is 2.89. The Hall–Kier alpha value is -0.0800. The van der Waals surface area contributed by atoms with Crippen LogP contribution in [0.3, 0.4) is 0 Å². The second kappa shape index (κ2) is 7.64. The fraction of sp³-hybridized carbons (Fsp3) is 1.00. The van der Waals surface area contributed by atoms with Gasteiger partial charge in [0, 0.05) is 5.41 Å². The van der Waals surface area contributed by atoms with Crippen LogP contribution in [0.25, 0.3) is 0 Å². The van der Waals surface area contributed by atoms with E-state index in [0.29, 0.717) is 23.7 Å². The lowest BCUT2D eigenvalue weighted by Crippen LogP contribution is -2.44. The zero-order valence-electron chi connectivity index (χ0n) is 14.5. The highest BCUT2D eigenvalue weighted by Crippen LogP contribution is 2.39. The molecule has 0 aromatic rings. The summed E-state index contributed by atoms with van der Waals surface area (Å²) in [5, 5.41) is 10.6. The zero-order valence-corrected chi connectivity index (χ0v) is 14.5. The van der Waals surface area contributed by atoms with Crippen molar-refractivity contribution in [2.75, 3.05) is 0 Å². The SMILES string of the molecule is CC(C)CC(C)(C(C)C)C(O)OC(C(C)C)C(C)C. The third kappa shape index (κ3) is 5.43. The van der Waals surface area contributed by atoms with Crippen LogP contribution in [0.15, 0.2) is 0 Å². The number of rotatable bonds is 8. The summed E-state index contributed by atoms with van der Waals surface area (Å²) >= 11 is 0. The van der Waals surface area contributed by atoms with Crippen molar-refractivity contribution in [1.29, 1.82) is 0 Å². The Balaban J connectivity index is 4.95. The molecule has 0 aromatic heterocycles. The van der Waals surface area contributed by atoms with Gasteiger partial charge in [-0.3, -0.25) is 0 Å². The molecular formula is C17H36O2. The summed E-state index contributed by atoms with van der Waals surface area (Å²) in [6, 6.07) is 0. The first kappa shape index (κ1) is 18.9. The molecule has 0 aromatic carbocycles. The van der Waals surface area contributed by atoms with Crippen molar-refractivity contribution in [3.8, 4) is 0 Å². The van der Waals surface area contributed by atoms with Gasteiger partial charge in [-0.05, 0) is 30.1 Å². The first-order valence-corrected chi connectivity index (χ1v) is 7.85. The summed E-state index contributed by atoms with van der Waals surface area (Å²) in [6.45, 7) is 19.5. The van der Waals surface area contributed by atoms with Crippen molar-refractivity contribution < 1.29 is 9.84 Å². The molecule has 116 valence electrons. The van der Waals surface area contributed by atoms with E-state index in [4.69, 9.17) is 4.74 Å². The van der Waals surface area contributed by atoms with Gasteiger partial charge in [0.15, 0.2) is 6.29 Å². The van der Waals surface area contributed by atoms with Gasteiger partial charge in [0.2, 0.25) is 0 Å². The predicted molar refractivity (Wildman–Crippen MR) is 83.0 cm³/mol. The molecule has 0 radical (unpaired) electrons. The molecule has 0 bridgehead atoms. The van der Waals surface area contributed by atoms with E-state index in [1.807, 2.05) is 0 Å². The summed E-state index contributed by atoms with van der Waals surface area (Å²) < 4.78 is 6.06. The van der Waals surface area contributed by atoms with E-state index in [9.17, 15) is 5.11 Å². The van der Waals surface area contributed by atoms with E-state index >= 15 is 0 Å². The molecule has 0 aliphatic carbocycles. The molecule has 0 saturated heterocycles. The number of aliphatic hydroxyl groups is 1. The van der Waals surface area contributed by atoms with Crippen LogP contribution in [0.2, 0.25) is 0 Å². The van der Waals surface area contributed by atoms with Crippen LogP contribution in [0.5, 0.6) is 0 Å². The lowest BCUT2D eigenvalue weighted by Gasteiger charge is -2.42. The second-order valence-corrected chi connectivity index (χ2v) is 7.70. The topological polar surface area (TPSA) is 29.5 Å². The largest absolute Gasteiger partial charge is 0.367 e. The van der Waals surface area contributed by atoms with Gasteiger partial charge in [-0.15, -0.1) is 0 Å². The Kier molecular flexibility index (Phi) is 7.60. The summed E-state index contributed by atoms with van der Waals surface area (Å²) in [5.74, 6) is 1.79. The molecule has 0 fully saturated rings. The molecular weight excluding hydrogens is 236 g/mol. The third-order valence-electron chi connectivity index (χ3n) is 4.33. The van der Waals surface area contributed by atoms with Crippen LogP contribution < -0.4 is 0 Å². The number of hydrogen-bond acceptors (Lipinski definition) is 2. The van der Waals surface area contributed by atoms with Crippen molar-refractivity contribution in [2.24, 2.45) is 29.1 Å². The van der Waals surface area contributed by atoms with Crippen molar-refractivity contribution in [2.45, 2.75) is 81.1 Å². The zero-order chi connectivity index (χ0) is 15.4. The number of aliphatic hydroxyl groups excluding tert-OH is 1. The normalized spacial score (nSPS) is 17.8. The van der Waals surface area contributed by atoms with Crippen LogP contribution in [0.1, 0.15) is 68.7 Å². The van der Waals surface area contributed by atoms with Gasteiger partial charge < -0.3 is 9.84 Å². The van der Waals surface area contributed by atoms with Crippen molar-refractivity contribution in [3.63, 3.8) is 0 Å². The quantitative estimate of drug-likeness (QED) is 0.648. The van der Waals surface area contributed by atoms with Crippen molar-refractivity contribution in [3.05, 3.63) is 0 Å². The van der Waals surface area contributed by atoms with Crippen molar-refractivity contribution in [1.82, 2.24) is 0 Å². The van der Waals surface area contributed by atoms with Gasteiger partial charge in [0.1, 0.15) is 0 Å². The molecule has 2 atom stereocenters. The Labute approximate surface area is 120 Å². The number of hydrogen-bond donors (Lipinski definition) is 1. The van der Waals surface area contributed by atoms with Gasteiger partial charge in [0.25, 0.3) is 0 Å². The standard InChI is InChI=1S/C17H36O2/c1-11(2)10-17(9,14(7)8)16(18)19-15(12(3)4)13(5)6/h11-16,18H,10H2,1-9H3. The maximum atomic E-state index is 10.6. The molecule has 0 amide bonds. The van der Waals surface area contributed by atoms with Gasteiger partial charge in [-0.1, -0.05) is 62.3 Å². The lowest BCUT2D eigenvalue weighted by atomic mass is 9.72. The van der Waals surface area contributed by atoms with E-state index in [1.165, 1.54) is 0 Å². The van der Waals surface area contributed by atoms with Gasteiger partial charge in [0.05, 0.1) is 6.10 Å². The molecule has 2 nitrogen and oxygen atoms in total. The van der Waals surface area contributed by atoms with E-state index in [-0.39, 0.29) is 11.5 Å². The molecule has 0 heterocycles. The maximum Gasteiger partial charge on any atom is 0.160 e. The average Bonchev–Trinajstić information content (AvgIpc) is 2.22. The highest BCUT2D eigenvalue weighted by Gasteiger charge is 2.39. The van der Waals surface area contributed by atoms with Crippen LogP contribution in [0, 0.1) is 29.1 Å². The van der Waals surface area contributed by atoms with E-state index in [0.717, 1.165) is 6.42 Å². The highest BCUT2D eigenvalue weighted by molar-refractivity contribution is 4.83. The Morgan fingerprint density at radius 3 is 1.58 bits per heavy atom. The van der Waals surface area contributed by atoms with Gasteiger partial charge in [-0.2, -0.15) is 0 Å². The van der Waals surface area contributed by atoms with Gasteiger partial charge >= 0.3 is 0 Å². The summed E-state index contributed by atoms with van der Waals surface area (Å²) in [7, 11) is 0. The molecule has 2 unspecified atom stereocenters. The minimum Gasteiger partial charge on any atom is -0.367 e. The average molecular weight is 272 g/mol. The van der Waals surface area contributed by atoms with E-state index < -0.39 is 6.29 Å². The van der Waals surface area contributed by atoms with E-state index in [1.54, 1.807) is 0 Å². The molecule has 0 aliphatic rings. The predicted octanol–water partition coefficient (Wildman–Crippen LogP) is 4.71. The monoisotopic (exact) mass is 272 g/mol. The molecule has 0 saturated carbocycles. The smallest absolute Gasteiger partial charge is 0.160 e. The Morgan fingerprint density at radius 2 is 1.32 bits per heavy atom. The van der Waals surface area contributed by atoms with Crippen LogP contribution in [-0.2, 0) is 4.74 Å². The molecule has 2 heteroatoms. The Morgan fingerprint density at radius 1 is 0.895 bits per heavy atom. The Bertz CT molecular complexity index is 238. The first-order chi connectivity index (χ1) is 8.52.